The highest BCUT2D eigenvalue weighted by Gasteiger charge is 2.34. The maximum absolute atomic E-state index is 13.1. The van der Waals surface area contributed by atoms with Crippen molar-refractivity contribution in [2.75, 3.05) is 0 Å². The number of hydrogen-bond acceptors (Lipinski definition) is 5. The Bertz CT molecular complexity index is 1250. The zero-order chi connectivity index (χ0) is 23.4. The second kappa shape index (κ2) is 10.2. The second-order valence-corrected chi connectivity index (χ2v) is 9.03. The molecule has 1 aliphatic rings. The van der Waals surface area contributed by atoms with Gasteiger partial charge in [-0.2, -0.15) is 5.01 Å². The van der Waals surface area contributed by atoms with E-state index in [9.17, 15) is 14.0 Å². The molecule has 1 aliphatic heterocycles. The summed E-state index contributed by atoms with van der Waals surface area (Å²) in [6, 6.07) is 19.5. The van der Waals surface area contributed by atoms with Crippen LogP contribution in [0.5, 0.6) is 5.75 Å². The van der Waals surface area contributed by atoms with E-state index in [0.29, 0.717) is 26.8 Å². The van der Waals surface area contributed by atoms with Crippen LogP contribution in [0.2, 0.25) is 5.02 Å². The number of nitrogens with zero attached hydrogens (tertiary/aromatic N) is 1. The highest BCUT2D eigenvalue weighted by molar-refractivity contribution is 8.26. The molecule has 3 aromatic rings. The van der Waals surface area contributed by atoms with Gasteiger partial charge in [0, 0.05) is 16.1 Å². The van der Waals surface area contributed by atoms with Gasteiger partial charge in [0.15, 0.2) is 4.32 Å². The summed E-state index contributed by atoms with van der Waals surface area (Å²) in [6.07, 6.45) is 1.66. The number of rotatable bonds is 6. The molecule has 1 heterocycles. The Balaban J connectivity index is 1.48. The van der Waals surface area contributed by atoms with Crippen LogP contribution in [-0.2, 0) is 11.4 Å². The largest absolute Gasteiger partial charge is 0.488 e. The van der Waals surface area contributed by atoms with Gasteiger partial charge < -0.3 is 4.74 Å². The Morgan fingerprint density at radius 1 is 1.09 bits per heavy atom. The summed E-state index contributed by atoms with van der Waals surface area (Å²) in [4.78, 5) is 25.7. The number of thiocarbonyl (C=S) groups is 1. The molecule has 1 fully saturated rings. The molecule has 5 nitrogen and oxygen atoms in total. The Hall–Kier alpha value is -3.20. The first-order valence-corrected chi connectivity index (χ1v) is 11.3. The average molecular weight is 499 g/mol. The van der Waals surface area contributed by atoms with Gasteiger partial charge in [-0.1, -0.05) is 53.7 Å². The van der Waals surface area contributed by atoms with Crippen molar-refractivity contribution in [2.45, 2.75) is 6.61 Å². The molecule has 0 atom stereocenters. The lowest BCUT2D eigenvalue weighted by Crippen LogP contribution is -2.44. The van der Waals surface area contributed by atoms with Gasteiger partial charge in [0.1, 0.15) is 18.2 Å². The number of carbonyl (C=O) groups excluding carboxylic acids is 2. The molecule has 0 unspecified atom stereocenters. The first kappa shape index (κ1) is 23.0. The molecule has 1 N–H and O–H groups in total. The normalized spacial score (nSPS) is 14.6. The van der Waals surface area contributed by atoms with Crippen molar-refractivity contribution in [1.82, 2.24) is 10.4 Å². The van der Waals surface area contributed by atoms with E-state index in [1.165, 1.54) is 12.1 Å². The fraction of sp³-hybridized carbons (Fsp3) is 0.0417. The highest BCUT2D eigenvalue weighted by atomic mass is 35.5. The monoisotopic (exact) mass is 498 g/mol. The van der Waals surface area contributed by atoms with Crippen molar-refractivity contribution in [3.05, 3.63) is 105 Å². The van der Waals surface area contributed by atoms with E-state index in [0.717, 1.165) is 22.3 Å². The van der Waals surface area contributed by atoms with E-state index >= 15 is 0 Å². The van der Waals surface area contributed by atoms with Gasteiger partial charge in [-0.05, 0) is 66.3 Å². The van der Waals surface area contributed by atoms with Crippen molar-refractivity contribution in [3.8, 4) is 5.75 Å². The summed E-state index contributed by atoms with van der Waals surface area (Å²) in [6.45, 7) is 0.239. The third-order valence-corrected chi connectivity index (χ3v) is 6.18. The second-order valence-electron chi connectivity index (χ2n) is 6.92. The lowest BCUT2D eigenvalue weighted by atomic mass is 10.1. The van der Waals surface area contributed by atoms with Crippen molar-refractivity contribution in [1.29, 1.82) is 0 Å². The van der Waals surface area contributed by atoms with Gasteiger partial charge in [0.05, 0.1) is 4.91 Å². The minimum absolute atomic E-state index is 0.207. The van der Waals surface area contributed by atoms with E-state index in [1.807, 2.05) is 12.1 Å². The molecule has 4 rings (SSSR count). The van der Waals surface area contributed by atoms with Gasteiger partial charge in [-0.15, -0.1) is 0 Å². The summed E-state index contributed by atoms with van der Waals surface area (Å²) < 4.78 is 19.2. The van der Waals surface area contributed by atoms with E-state index < -0.39 is 11.8 Å². The first-order valence-electron chi connectivity index (χ1n) is 9.71. The topological polar surface area (TPSA) is 58.6 Å². The molecule has 33 heavy (non-hydrogen) atoms. The molecular formula is C24H16ClFN2O3S2. The maximum atomic E-state index is 13.1. The molecule has 9 heteroatoms. The number of para-hydroxylation sites is 1. The van der Waals surface area contributed by atoms with E-state index in [1.54, 1.807) is 54.6 Å². The number of hydrogen-bond donors (Lipinski definition) is 1. The third kappa shape index (κ3) is 5.60. The molecule has 0 spiro atoms. The van der Waals surface area contributed by atoms with Crippen LogP contribution in [0, 0.1) is 5.82 Å². The smallest absolute Gasteiger partial charge is 0.285 e. The quantitative estimate of drug-likeness (QED) is 0.354. The van der Waals surface area contributed by atoms with Crippen molar-refractivity contribution >= 4 is 57.8 Å². The molecule has 2 amide bonds. The Morgan fingerprint density at radius 2 is 1.79 bits per heavy atom. The number of hydrazine groups is 1. The number of carbonyl (C=O) groups is 2. The molecular weight excluding hydrogens is 483 g/mol. The van der Waals surface area contributed by atoms with E-state index in [2.05, 4.69) is 5.43 Å². The minimum Gasteiger partial charge on any atom is -0.488 e. The van der Waals surface area contributed by atoms with Crippen LogP contribution in [-0.4, -0.2) is 21.1 Å². The van der Waals surface area contributed by atoms with Crippen LogP contribution in [0.1, 0.15) is 21.5 Å². The minimum atomic E-state index is -0.479. The molecule has 0 bridgehead atoms. The van der Waals surface area contributed by atoms with Gasteiger partial charge in [0.25, 0.3) is 11.8 Å². The zero-order valence-electron chi connectivity index (χ0n) is 17.0. The number of amides is 2. The van der Waals surface area contributed by atoms with Crippen LogP contribution < -0.4 is 10.2 Å². The highest BCUT2D eigenvalue weighted by Crippen LogP contribution is 2.33. The predicted molar refractivity (Wildman–Crippen MR) is 131 cm³/mol. The molecule has 0 aromatic heterocycles. The Morgan fingerprint density at radius 3 is 2.52 bits per heavy atom. The summed E-state index contributed by atoms with van der Waals surface area (Å²) >= 11 is 12.2. The number of thioether (sulfide) groups is 1. The van der Waals surface area contributed by atoms with Gasteiger partial charge in [0.2, 0.25) is 0 Å². The maximum Gasteiger partial charge on any atom is 0.285 e. The van der Waals surface area contributed by atoms with Crippen LogP contribution in [0.4, 0.5) is 4.39 Å². The molecule has 0 saturated carbocycles. The fourth-order valence-electron chi connectivity index (χ4n) is 2.95. The lowest BCUT2D eigenvalue weighted by molar-refractivity contribution is -0.123. The fourth-order valence-corrected chi connectivity index (χ4v) is 4.24. The van der Waals surface area contributed by atoms with E-state index in [-0.39, 0.29) is 16.7 Å². The van der Waals surface area contributed by atoms with Gasteiger partial charge in [-0.3, -0.25) is 15.0 Å². The molecule has 0 aliphatic carbocycles. The van der Waals surface area contributed by atoms with Crippen LogP contribution >= 0.6 is 35.6 Å². The van der Waals surface area contributed by atoms with Crippen LogP contribution in [0.15, 0.2) is 77.7 Å². The Kier molecular flexibility index (Phi) is 7.08. The van der Waals surface area contributed by atoms with Crippen molar-refractivity contribution in [3.63, 3.8) is 0 Å². The van der Waals surface area contributed by atoms with Crippen molar-refractivity contribution in [2.24, 2.45) is 0 Å². The molecule has 1 saturated heterocycles. The molecule has 3 aromatic carbocycles. The summed E-state index contributed by atoms with van der Waals surface area (Å²) in [5, 5.41) is 1.55. The SMILES string of the molecule is O=C(NN1C(=O)/C(=C/c2ccccc2OCc2ccc(F)cc2)SC1=S)c1ccc(Cl)cc1. The predicted octanol–water partition coefficient (Wildman–Crippen LogP) is 5.60. The van der Waals surface area contributed by atoms with Crippen LogP contribution in [0.3, 0.4) is 0 Å². The standard InChI is InChI=1S/C24H16ClFN2O3S2/c25-18-9-7-16(8-10-18)22(29)27-28-23(30)21(33-24(28)32)13-17-3-1-2-4-20(17)31-14-15-5-11-19(26)12-6-15/h1-13H,14H2,(H,27,29)/b21-13-. The summed E-state index contributed by atoms with van der Waals surface area (Å²) in [5.74, 6) is -0.686. The summed E-state index contributed by atoms with van der Waals surface area (Å²) in [7, 11) is 0. The van der Waals surface area contributed by atoms with Crippen LogP contribution in [0.25, 0.3) is 6.08 Å². The average Bonchev–Trinajstić information content (AvgIpc) is 3.07. The molecule has 0 radical (unpaired) electrons. The Labute approximate surface area is 204 Å². The summed E-state index contributed by atoms with van der Waals surface area (Å²) in [5.41, 5.74) is 4.36. The van der Waals surface area contributed by atoms with Gasteiger partial charge in [-0.25, -0.2) is 4.39 Å². The van der Waals surface area contributed by atoms with E-state index in [4.69, 9.17) is 28.6 Å². The van der Waals surface area contributed by atoms with Crippen molar-refractivity contribution < 1.29 is 18.7 Å². The number of halogens is 2. The number of nitrogens with one attached hydrogen (secondary N) is 1. The number of benzene rings is 3. The number of ether oxygens (including phenoxy) is 1. The molecule has 166 valence electrons. The van der Waals surface area contributed by atoms with Gasteiger partial charge >= 0.3 is 0 Å². The third-order valence-electron chi connectivity index (χ3n) is 4.63. The zero-order valence-corrected chi connectivity index (χ0v) is 19.3. The first-order chi connectivity index (χ1) is 15.9. The lowest BCUT2D eigenvalue weighted by Gasteiger charge is -2.15.